The van der Waals surface area contributed by atoms with E-state index in [1.807, 2.05) is 49.7 Å². The van der Waals surface area contributed by atoms with E-state index in [-0.39, 0.29) is 18.0 Å². The van der Waals surface area contributed by atoms with Gasteiger partial charge in [0.05, 0.1) is 17.2 Å². The van der Waals surface area contributed by atoms with Gasteiger partial charge in [0, 0.05) is 37.2 Å². The summed E-state index contributed by atoms with van der Waals surface area (Å²) in [6.45, 7) is 6.92. The molecule has 1 aromatic heterocycles. The highest BCUT2D eigenvalue weighted by molar-refractivity contribution is 6.05. The molecule has 9 heteroatoms. The van der Waals surface area contributed by atoms with Crippen LogP contribution in [0.1, 0.15) is 88.7 Å². The molecule has 2 atom stereocenters. The van der Waals surface area contributed by atoms with Crippen molar-refractivity contribution < 1.29 is 24.2 Å². The normalized spacial score (nSPS) is 24.5. The summed E-state index contributed by atoms with van der Waals surface area (Å²) in [7, 11) is 0. The molecule has 3 fully saturated rings. The smallest absolute Gasteiger partial charge is 0.410 e. The minimum absolute atomic E-state index is 0.162. The summed E-state index contributed by atoms with van der Waals surface area (Å²) >= 11 is 0. The molecule has 3 heterocycles. The van der Waals surface area contributed by atoms with Crippen molar-refractivity contribution in [3.05, 3.63) is 30.0 Å². The summed E-state index contributed by atoms with van der Waals surface area (Å²) in [5.41, 5.74) is -0.0705. The molecule has 2 aromatic rings. The summed E-state index contributed by atoms with van der Waals surface area (Å²) in [6, 6.07) is 7.84. The number of hydrogen-bond donors (Lipinski definition) is 2. The van der Waals surface area contributed by atoms with Crippen molar-refractivity contribution >= 4 is 22.9 Å². The van der Waals surface area contributed by atoms with E-state index in [4.69, 9.17) is 14.6 Å². The summed E-state index contributed by atoms with van der Waals surface area (Å²) in [6.07, 6.45) is 5.92. The van der Waals surface area contributed by atoms with Crippen LogP contribution in [0.3, 0.4) is 0 Å². The van der Waals surface area contributed by atoms with Crippen LogP contribution in [-0.2, 0) is 9.47 Å². The van der Waals surface area contributed by atoms with Crippen molar-refractivity contribution in [3.8, 4) is 0 Å². The fourth-order valence-corrected chi connectivity index (χ4v) is 5.72. The van der Waals surface area contributed by atoms with Crippen LogP contribution >= 0.6 is 0 Å². The number of piperidine rings is 1. The molecule has 2 saturated heterocycles. The number of benzene rings is 1. The lowest BCUT2D eigenvalue weighted by Crippen LogP contribution is -2.57. The lowest BCUT2D eigenvalue weighted by molar-refractivity contribution is -0.0848. The van der Waals surface area contributed by atoms with E-state index in [0.29, 0.717) is 63.6 Å². The Labute approximate surface area is 218 Å². The molecular weight excluding hydrogens is 472 g/mol. The maximum Gasteiger partial charge on any atom is 0.410 e. The first-order valence-electron chi connectivity index (χ1n) is 13.7. The van der Waals surface area contributed by atoms with Gasteiger partial charge in [0.25, 0.3) is 5.91 Å². The monoisotopic (exact) mass is 512 g/mol. The van der Waals surface area contributed by atoms with Crippen LogP contribution < -0.4 is 5.32 Å². The Balaban J connectivity index is 1.32. The average Bonchev–Trinajstić information content (AvgIpc) is 3.17. The van der Waals surface area contributed by atoms with Crippen molar-refractivity contribution in [3.63, 3.8) is 0 Å². The largest absolute Gasteiger partial charge is 0.444 e. The Kier molecular flexibility index (Phi) is 7.20. The van der Waals surface area contributed by atoms with Crippen LogP contribution in [0.4, 0.5) is 4.79 Å². The zero-order chi connectivity index (χ0) is 26.2. The van der Waals surface area contributed by atoms with Crippen LogP contribution in [0.5, 0.6) is 0 Å². The lowest BCUT2D eigenvalue weighted by Gasteiger charge is -2.44. The number of rotatable bonds is 5. The Bertz CT molecular complexity index is 1130. The van der Waals surface area contributed by atoms with E-state index in [9.17, 15) is 14.7 Å². The van der Waals surface area contributed by atoms with Crippen LogP contribution in [-0.4, -0.2) is 74.8 Å². The van der Waals surface area contributed by atoms with Gasteiger partial charge in [-0.25, -0.2) is 4.79 Å². The number of nitrogens with zero attached hydrogens (tertiary/aromatic N) is 3. The van der Waals surface area contributed by atoms with Crippen LogP contribution in [0.15, 0.2) is 24.3 Å². The number of aliphatic hydroxyl groups is 1. The predicted octanol–water partition coefficient (Wildman–Crippen LogP) is 4.19. The van der Waals surface area contributed by atoms with E-state index in [1.165, 1.54) is 6.42 Å². The van der Waals surface area contributed by atoms with E-state index < -0.39 is 17.3 Å². The Hall–Kier alpha value is -2.65. The van der Waals surface area contributed by atoms with Crippen LogP contribution in [0.25, 0.3) is 10.9 Å². The number of carbonyl (C=O) groups is 2. The summed E-state index contributed by atoms with van der Waals surface area (Å²) in [4.78, 5) is 28.4. The summed E-state index contributed by atoms with van der Waals surface area (Å²) in [5.74, 6) is -0.218. The van der Waals surface area contributed by atoms with E-state index in [0.717, 1.165) is 23.7 Å². The third-order valence-corrected chi connectivity index (χ3v) is 7.96. The predicted molar refractivity (Wildman–Crippen MR) is 139 cm³/mol. The zero-order valence-corrected chi connectivity index (χ0v) is 22.2. The van der Waals surface area contributed by atoms with Gasteiger partial charge in [0.1, 0.15) is 5.60 Å². The topological polar surface area (TPSA) is 106 Å². The molecule has 3 aliphatic rings. The molecule has 2 N–H and O–H groups in total. The minimum atomic E-state index is -0.855. The van der Waals surface area contributed by atoms with E-state index in [2.05, 4.69) is 5.32 Å². The molecule has 2 aliphatic heterocycles. The second-order valence-corrected chi connectivity index (χ2v) is 12.0. The molecule has 1 aromatic carbocycles. The van der Waals surface area contributed by atoms with Gasteiger partial charge in [0.15, 0.2) is 5.69 Å². The van der Waals surface area contributed by atoms with Crippen LogP contribution in [0, 0.1) is 0 Å². The molecule has 9 nitrogen and oxygen atoms in total. The molecule has 5 rings (SSSR count). The van der Waals surface area contributed by atoms with Crippen molar-refractivity contribution in [1.82, 2.24) is 20.0 Å². The van der Waals surface area contributed by atoms with Gasteiger partial charge < -0.3 is 24.8 Å². The maximum absolute atomic E-state index is 13.4. The molecule has 202 valence electrons. The van der Waals surface area contributed by atoms with Crippen molar-refractivity contribution in [2.45, 2.75) is 101 Å². The van der Waals surface area contributed by atoms with E-state index in [1.54, 1.807) is 4.90 Å². The fourth-order valence-electron chi connectivity index (χ4n) is 5.72. The third-order valence-electron chi connectivity index (χ3n) is 7.96. The molecule has 0 bridgehead atoms. The molecule has 2 amide bonds. The summed E-state index contributed by atoms with van der Waals surface area (Å²) in [5, 5.41) is 19.9. The van der Waals surface area contributed by atoms with Crippen LogP contribution in [0.2, 0.25) is 0 Å². The first-order chi connectivity index (χ1) is 17.6. The molecule has 0 unspecified atom stereocenters. The van der Waals surface area contributed by atoms with E-state index >= 15 is 0 Å². The number of fused-ring (bicyclic) bond motifs is 1. The van der Waals surface area contributed by atoms with Gasteiger partial charge in [-0.1, -0.05) is 18.2 Å². The maximum atomic E-state index is 13.4. The van der Waals surface area contributed by atoms with Gasteiger partial charge in [-0.15, -0.1) is 0 Å². The number of amides is 2. The van der Waals surface area contributed by atoms with Gasteiger partial charge in [-0.3, -0.25) is 9.48 Å². The average molecular weight is 513 g/mol. The highest BCUT2D eigenvalue weighted by atomic mass is 16.6. The first-order valence-corrected chi connectivity index (χ1v) is 13.7. The standard InChI is InChI=1S/C28H40N4O5/c1-27(2,3)37-26(34)31-18-19(11-12-21(31)17-28(35)13-15-36-16-14-28)29-25(33)24-22-9-4-5-10-23(22)32(30-24)20-7-6-8-20/h4-5,9-10,19-21,35H,6-8,11-18H2,1-3H3,(H,29,33)/t19-,21-/m1/s1. The molecule has 0 spiro atoms. The van der Waals surface area contributed by atoms with Crippen molar-refractivity contribution in [2.75, 3.05) is 19.8 Å². The quantitative estimate of drug-likeness (QED) is 0.622. The number of likely N-dealkylation sites (tertiary alicyclic amines) is 1. The Morgan fingerprint density at radius 3 is 2.57 bits per heavy atom. The lowest BCUT2D eigenvalue weighted by atomic mass is 9.83. The number of carbonyl (C=O) groups excluding carboxylic acids is 2. The van der Waals surface area contributed by atoms with Gasteiger partial charge in [-0.05, 0) is 78.2 Å². The molecular formula is C28H40N4O5. The van der Waals surface area contributed by atoms with Crippen molar-refractivity contribution in [2.24, 2.45) is 0 Å². The minimum Gasteiger partial charge on any atom is -0.444 e. The summed E-state index contributed by atoms with van der Waals surface area (Å²) < 4.78 is 13.2. The Morgan fingerprint density at radius 2 is 1.89 bits per heavy atom. The SMILES string of the molecule is CC(C)(C)OC(=O)N1C[C@H](NC(=O)c2nn(C3CCC3)c3ccccc23)CC[C@@H]1CC1(O)CCOCC1. The molecule has 37 heavy (non-hydrogen) atoms. The second kappa shape index (κ2) is 10.3. The van der Waals surface area contributed by atoms with Gasteiger partial charge in [0.2, 0.25) is 0 Å². The number of hydrogen-bond acceptors (Lipinski definition) is 6. The fraction of sp³-hybridized carbons (Fsp3) is 0.679. The third kappa shape index (κ3) is 5.77. The zero-order valence-electron chi connectivity index (χ0n) is 22.2. The van der Waals surface area contributed by atoms with Gasteiger partial charge in [-0.2, -0.15) is 5.10 Å². The highest BCUT2D eigenvalue weighted by Crippen LogP contribution is 2.35. The highest BCUT2D eigenvalue weighted by Gasteiger charge is 2.41. The number of nitrogens with one attached hydrogen (secondary N) is 1. The Morgan fingerprint density at radius 1 is 1.16 bits per heavy atom. The number of para-hydroxylation sites is 1. The van der Waals surface area contributed by atoms with Gasteiger partial charge >= 0.3 is 6.09 Å². The molecule has 1 aliphatic carbocycles. The molecule has 1 saturated carbocycles. The number of ether oxygens (including phenoxy) is 2. The number of aromatic nitrogens is 2. The second-order valence-electron chi connectivity index (χ2n) is 12.0. The molecule has 0 radical (unpaired) electrons. The first kappa shape index (κ1) is 26.0. The van der Waals surface area contributed by atoms with Crippen molar-refractivity contribution in [1.29, 1.82) is 0 Å².